The molecule has 5 aliphatic heterocycles. The summed E-state index contributed by atoms with van der Waals surface area (Å²) in [5.41, 5.74) is 3.24. The van der Waals surface area contributed by atoms with Crippen LogP contribution in [0.5, 0.6) is 0 Å². The standard InChI is InChI=1S/C26H34F4N6OS.C20H27ClN6OS.C2H6/c1-38-32-23-7-14-36(31-23)24(37)34-15-9-25(10-16-34)8-2-11-35(25)18-19-3-4-20(26(28,29)30)17-22(19)33-12-5-21(27)6-13-33;1-29-23-19-6-9-27(22-19)20(28)26-12-10-24(11-13-26)15-16-14-17(21)4-5-18(16)25-7-2-3-8-25;1-2/h3-4,7,14,17,21H,2,5-6,8-13,15-16,18H2,1H3,(H,31,32);4-6,9,14H,2-3,7-8,10-13,15H2,1H3,(H,22,23);1-2H3. The van der Waals surface area contributed by atoms with Gasteiger partial charge in [0.15, 0.2) is 11.6 Å². The lowest BCUT2D eigenvalue weighted by atomic mass is 9.84. The lowest BCUT2D eigenvalue weighted by molar-refractivity contribution is -0.137. The van der Waals surface area contributed by atoms with Gasteiger partial charge < -0.3 is 29.0 Å². The molecule has 0 bridgehead atoms. The van der Waals surface area contributed by atoms with Gasteiger partial charge in [-0.05, 0) is 99.4 Å². The highest BCUT2D eigenvalue weighted by Gasteiger charge is 2.44. The highest BCUT2D eigenvalue weighted by atomic mass is 35.5. The normalized spacial score (nSPS) is 19.0. The molecule has 7 heterocycles. The highest BCUT2D eigenvalue weighted by Crippen LogP contribution is 2.42. The van der Waals surface area contributed by atoms with Crippen molar-refractivity contribution in [2.24, 2.45) is 0 Å². The monoisotopic (exact) mass is 1020 g/mol. The molecule has 378 valence electrons. The van der Waals surface area contributed by atoms with E-state index >= 15 is 0 Å². The van der Waals surface area contributed by atoms with E-state index in [1.165, 1.54) is 63.4 Å². The van der Waals surface area contributed by atoms with Crippen LogP contribution in [0.3, 0.4) is 0 Å². The number of hydrogen-bond acceptors (Lipinski definition) is 12. The van der Waals surface area contributed by atoms with Crippen molar-refractivity contribution in [3.05, 3.63) is 82.6 Å². The number of piperidine rings is 2. The first-order chi connectivity index (χ1) is 33.3. The minimum absolute atomic E-state index is 0.0701. The molecule has 9 rings (SSSR count). The number of halogens is 5. The van der Waals surface area contributed by atoms with E-state index in [0.717, 1.165) is 81.6 Å². The number of alkyl halides is 4. The van der Waals surface area contributed by atoms with Gasteiger partial charge in [-0.3, -0.25) is 9.80 Å². The van der Waals surface area contributed by atoms with E-state index in [4.69, 9.17) is 11.6 Å². The lowest BCUT2D eigenvalue weighted by Gasteiger charge is -2.45. The summed E-state index contributed by atoms with van der Waals surface area (Å²) >= 11 is 9.16. The van der Waals surface area contributed by atoms with Gasteiger partial charge in [0.25, 0.3) is 0 Å². The second kappa shape index (κ2) is 24.2. The van der Waals surface area contributed by atoms with Crippen molar-refractivity contribution in [1.29, 1.82) is 0 Å². The summed E-state index contributed by atoms with van der Waals surface area (Å²) in [6.45, 7) is 13.6. The average Bonchev–Trinajstić information content (AvgIpc) is 4.21. The largest absolute Gasteiger partial charge is 0.416 e. The molecule has 0 unspecified atom stereocenters. The molecule has 5 fully saturated rings. The Labute approximate surface area is 417 Å². The summed E-state index contributed by atoms with van der Waals surface area (Å²) in [6.07, 6.45) is 8.65. The van der Waals surface area contributed by atoms with Gasteiger partial charge in [-0.1, -0.05) is 55.4 Å². The van der Waals surface area contributed by atoms with Crippen molar-refractivity contribution in [2.75, 3.05) is 104 Å². The number of amides is 2. The number of piperazine rings is 1. The molecule has 0 aliphatic carbocycles. The third-order valence-electron chi connectivity index (χ3n) is 13.8. The third-order valence-corrected chi connectivity index (χ3v) is 14.8. The van der Waals surface area contributed by atoms with Crippen molar-refractivity contribution in [3.63, 3.8) is 0 Å². The molecule has 2 N–H and O–H groups in total. The fourth-order valence-corrected chi connectivity index (χ4v) is 11.0. The topological polar surface area (TPSA) is 113 Å². The van der Waals surface area contributed by atoms with Crippen LogP contribution in [-0.2, 0) is 19.3 Å². The van der Waals surface area contributed by atoms with Gasteiger partial charge in [-0.2, -0.15) is 22.5 Å². The zero-order chi connectivity index (χ0) is 49.1. The van der Waals surface area contributed by atoms with E-state index in [2.05, 4.69) is 46.5 Å². The highest BCUT2D eigenvalue weighted by molar-refractivity contribution is 8.00. The average molecular weight is 1020 g/mol. The molecule has 69 heavy (non-hydrogen) atoms. The Hall–Kier alpha value is -4.37. The summed E-state index contributed by atoms with van der Waals surface area (Å²) in [6, 6.07) is 13.6. The zero-order valence-electron chi connectivity index (χ0n) is 40.2. The van der Waals surface area contributed by atoms with Gasteiger partial charge in [0.05, 0.1) is 5.56 Å². The van der Waals surface area contributed by atoms with Crippen LogP contribution in [0.4, 0.5) is 50.2 Å². The van der Waals surface area contributed by atoms with Crippen LogP contribution in [0.25, 0.3) is 0 Å². The molecule has 2 aromatic heterocycles. The van der Waals surface area contributed by atoms with Gasteiger partial charge in [-0.25, -0.2) is 14.0 Å². The maximum Gasteiger partial charge on any atom is 0.416 e. The molecule has 4 aromatic rings. The molecule has 0 atom stereocenters. The van der Waals surface area contributed by atoms with Gasteiger partial charge in [-0.15, -0.1) is 10.2 Å². The second-order valence-electron chi connectivity index (χ2n) is 17.9. The maximum absolute atomic E-state index is 13.8. The van der Waals surface area contributed by atoms with Crippen LogP contribution in [0.2, 0.25) is 5.02 Å². The van der Waals surface area contributed by atoms with Crippen LogP contribution in [0.15, 0.2) is 60.9 Å². The summed E-state index contributed by atoms with van der Waals surface area (Å²) in [5, 5.41) is 9.36. The smallest absolute Gasteiger partial charge is 0.371 e. The minimum Gasteiger partial charge on any atom is -0.371 e. The summed E-state index contributed by atoms with van der Waals surface area (Å²) in [5.74, 6) is 1.32. The number of nitrogens with zero attached hydrogens (tertiary/aromatic N) is 10. The molecule has 0 saturated carbocycles. The molecule has 5 saturated heterocycles. The Morgan fingerprint density at radius 1 is 0.681 bits per heavy atom. The fourth-order valence-electron chi connectivity index (χ4n) is 10.1. The minimum atomic E-state index is -4.43. The molecule has 0 radical (unpaired) electrons. The van der Waals surface area contributed by atoms with Gasteiger partial charge in [0.1, 0.15) is 6.17 Å². The Morgan fingerprint density at radius 2 is 1.26 bits per heavy atom. The summed E-state index contributed by atoms with van der Waals surface area (Å²) in [7, 11) is 0. The van der Waals surface area contributed by atoms with Crippen LogP contribution in [-0.4, -0.2) is 147 Å². The number of likely N-dealkylation sites (tertiary alicyclic amines) is 2. The predicted octanol–water partition coefficient (Wildman–Crippen LogP) is 10.3. The molecule has 1 spiro atoms. The summed E-state index contributed by atoms with van der Waals surface area (Å²) in [4.78, 5) is 38.6. The Balaban J connectivity index is 0.000000203. The molecule has 2 aromatic carbocycles. The number of anilines is 4. The number of nitrogens with one attached hydrogen (secondary N) is 2. The quantitative estimate of drug-likeness (QED) is 0.117. The van der Waals surface area contributed by atoms with E-state index in [1.807, 2.05) is 53.2 Å². The van der Waals surface area contributed by atoms with E-state index < -0.39 is 17.9 Å². The molecule has 14 nitrogen and oxygen atoms in total. The third kappa shape index (κ3) is 13.1. The first-order valence-corrected chi connectivity index (χ1v) is 27.0. The molecular weight excluding hydrogens is 952 g/mol. The van der Waals surface area contributed by atoms with Crippen LogP contribution in [0, 0.1) is 0 Å². The SMILES string of the molecule is CC.CSNc1ccn(C(=O)N2CCC3(CCCN3Cc3ccc(C(F)(F)F)cc3N3CCC(F)CC3)CC2)n1.CSNc1ccn(C(=O)N2CCN(Cc3cc(Cl)ccc3N3CCCC3)CC2)n1. The summed E-state index contributed by atoms with van der Waals surface area (Å²) < 4.78 is 63.3. The van der Waals surface area contributed by atoms with E-state index in [0.29, 0.717) is 76.0 Å². The Morgan fingerprint density at radius 3 is 1.84 bits per heavy atom. The van der Waals surface area contributed by atoms with Gasteiger partial charge in [0, 0.05) is 138 Å². The number of rotatable bonds is 10. The van der Waals surface area contributed by atoms with E-state index in [1.54, 1.807) is 24.5 Å². The zero-order valence-corrected chi connectivity index (χ0v) is 42.6. The van der Waals surface area contributed by atoms with Crippen molar-refractivity contribution < 1.29 is 27.2 Å². The molecule has 5 aliphatic rings. The second-order valence-corrected chi connectivity index (χ2v) is 19.6. The lowest BCUT2D eigenvalue weighted by Crippen LogP contribution is -2.53. The molecule has 2 amide bonds. The van der Waals surface area contributed by atoms with Crippen molar-refractivity contribution in [2.45, 2.75) is 96.2 Å². The number of benzene rings is 2. The Kier molecular flexibility index (Phi) is 18.4. The van der Waals surface area contributed by atoms with Crippen LogP contribution in [0.1, 0.15) is 81.9 Å². The first-order valence-electron chi connectivity index (χ1n) is 24.2. The Bertz CT molecular complexity index is 2290. The van der Waals surface area contributed by atoms with E-state index in [9.17, 15) is 27.2 Å². The van der Waals surface area contributed by atoms with Crippen LogP contribution >= 0.6 is 35.5 Å². The number of carbonyl (C=O) groups is 2. The van der Waals surface area contributed by atoms with Crippen molar-refractivity contribution in [3.8, 4) is 0 Å². The first kappa shape index (κ1) is 52.5. The van der Waals surface area contributed by atoms with E-state index in [-0.39, 0.29) is 17.6 Å². The maximum atomic E-state index is 13.8. The predicted molar refractivity (Wildman–Crippen MR) is 272 cm³/mol. The van der Waals surface area contributed by atoms with Gasteiger partial charge in [0.2, 0.25) is 0 Å². The molecular formula is C48H67ClF4N12O2S2. The number of hydrogen-bond donors (Lipinski definition) is 2. The number of aromatic nitrogens is 4. The molecule has 21 heteroatoms. The van der Waals surface area contributed by atoms with Crippen molar-refractivity contribution in [1.82, 2.24) is 39.2 Å². The van der Waals surface area contributed by atoms with Crippen LogP contribution < -0.4 is 19.2 Å². The number of carbonyl (C=O) groups excluding carboxylic acids is 2. The van der Waals surface area contributed by atoms with Crippen molar-refractivity contribution >= 4 is 70.6 Å². The van der Waals surface area contributed by atoms with Gasteiger partial charge >= 0.3 is 18.2 Å². The fraction of sp³-hybridized carbons (Fsp3) is 0.583.